The molecule has 38 heavy (non-hydrogen) atoms. The highest BCUT2D eigenvalue weighted by molar-refractivity contribution is 8.00. The standard InChI is InChI=1S/C23H22Cl2N6O4S3/c1-30-15(26)8-17(29-23(30)27)36-6-2-3-11-9-38-21-18(20(33)31(21)19(11)22(34)35)28-16(32)10-37-14-7-12(24)4-5-13(14)25/h2-5,7-8,18,21H,6,9-10H2,1H3,(H5,26,27,28,29,32,34,35)/p+1. The van der Waals surface area contributed by atoms with E-state index in [0.29, 0.717) is 42.9 Å². The highest BCUT2D eigenvalue weighted by Gasteiger charge is 2.53. The van der Waals surface area contributed by atoms with Crippen LogP contribution in [0, 0.1) is 0 Å². The second-order valence-corrected chi connectivity index (χ2v) is 12.2. The molecule has 1 aromatic heterocycles. The lowest BCUT2D eigenvalue weighted by atomic mass is 10.0. The van der Waals surface area contributed by atoms with E-state index < -0.39 is 23.3 Å². The Morgan fingerprint density at radius 2 is 2.08 bits per heavy atom. The quantitative estimate of drug-likeness (QED) is 0.143. The molecule has 0 spiro atoms. The molecular formula is C23H23Cl2N6O4S3+. The molecule has 6 N–H and O–H groups in total. The number of allylic oxidation sites excluding steroid dienone is 1. The fourth-order valence-electron chi connectivity index (χ4n) is 3.69. The molecule has 200 valence electrons. The maximum absolute atomic E-state index is 12.9. The Labute approximate surface area is 241 Å². The molecule has 2 aliphatic rings. The van der Waals surface area contributed by atoms with Crippen molar-refractivity contribution >= 4 is 88.0 Å². The number of rotatable bonds is 9. The summed E-state index contributed by atoms with van der Waals surface area (Å²) in [5.74, 6) is -0.388. The summed E-state index contributed by atoms with van der Waals surface area (Å²) in [7, 11) is 1.71. The minimum absolute atomic E-state index is 0.0281. The Morgan fingerprint density at radius 3 is 2.79 bits per heavy atom. The molecule has 4 rings (SSSR count). The van der Waals surface area contributed by atoms with Gasteiger partial charge in [0.05, 0.1) is 17.8 Å². The van der Waals surface area contributed by atoms with Gasteiger partial charge in [0, 0.05) is 27.5 Å². The van der Waals surface area contributed by atoms with Crippen molar-refractivity contribution in [1.82, 2.24) is 15.2 Å². The average Bonchev–Trinajstić information content (AvgIpc) is 2.88. The van der Waals surface area contributed by atoms with Crippen LogP contribution in [-0.4, -0.2) is 61.4 Å². The van der Waals surface area contributed by atoms with Crippen molar-refractivity contribution in [3.05, 3.63) is 57.7 Å². The number of benzene rings is 1. The number of β-lactam (4-membered cyclic amide) rings is 1. The maximum atomic E-state index is 12.9. The number of nitrogens with one attached hydrogen (secondary N) is 1. The van der Waals surface area contributed by atoms with Gasteiger partial charge in [0.1, 0.15) is 17.1 Å². The molecule has 2 unspecified atom stereocenters. The number of hydrogen-bond acceptors (Lipinski definition) is 9. The minimum atomic E-state index is -1.20. The number of nitrogens with two attached hydrogens (primary N) is 2. The van der Waals surface area contributed by atoms with Crippen molar-refractivity contribution in [1.29, 1.82) is 0 Å². The second-order valence-electron chi connectivity index (χ2n) is 8.15. The molecule has 10 nitrogen and oxygen atoms in total. The summed E-state index contributed by atoms with van der Waals surface area (Å²) < 4.78 is 1.56. The summed E-state index contributed by atoms with van der Waals surface area (Å²) >= 11 is 16.1. The number of hydrogen-bond donors (Lipinski definition) is 4. The monoisotopic (exact) mass is 613 g/mol. The van der Waals surface area contributed by atoms with Crippen LogP contribution in [0.15, 0.2) is 57.6 Å². The molecule has 1 aromatic carbocycles. The van der Waals surface area contributed by atoms with Gasteiger partial charge in [-0.3, -0.25) is 14.5 Å². The summed E-state index contributed by atoms with van der Waals surface area (Å²) in [6.45, 7) is 0. The Balaban J connectivity index is 1.37. The molecule has 2 aliphatic heterocycles. The van der Waals surface area contributed by atoms with Crippen molar-refractivity contribution < 1.29 is 24.1 Å². The Morgan fingerprint density at radius 1 is 1.32 bits per heavy atom. The summed E-state index contributed by atoms with van der Waals surface area (Å²) in [6, 6.07) is 5.85. The lowest BCUT2D eigenvalue weighted by molar-refractivity contribution is -0.645. The first-order valence-corrected chi connectivity index (χ1v) is 14.8. The fourth-order valence-corrected chi connectivity index (χ4v) is 7.04. The molecule has 0 bridgehead atoms. The molecule has 1 fully saturated rings. The van der Waals surface area contributed by atoms with Crippen LogP contribution in [0.2, 0.25) is 10.0 Å². The van der Waals surface area contributed by atoms with E-state index in [1.54, 1.807) is 48.0 Å². The smallest absolute Gasteiger partial charge is 0.352 e. The van der Waals surface area contributed by atoms with E-state index in [1.165, 1.54) is 40.2 Å². The number of carboxylic acid groups (broad SMARTS) is 1. The lowest BCUT2D eigenvalue weighted by Crippen LogP contribution is -2.70. The first-order valence-electron chi connectivity index (χ1n) is 11.1. The van der Waals surface area contributed by atoms with Gasteiger partial charge in [0.25, 0.3) is 5.91 Å². The predicted octanol–water partition coefficient (Wildman–Crippen LogP) is 2.56. The van der Waals surface area contributed by atoms with Gasteiger partial charge >= 0.3 is 11.9 Å². The van der Waals surface area contributed by atoms with Crippen molar-refractivity contribution in [2.24, 2.45) is 7.05 Å². The summed E-state index contributed by atoms with van der Waals surface area (Å²) in [4.78, 5) is 43.6. The number of thioether (sulfide) groups is 3. The van der Waals surface area contributed by atoms with Crippen LogP contribution in [0.1, 0.15) is 0 Å². The largest absolute Gasteiger partial charge is 0.477 e. The Kier molecular flexibility index (Phi) is 9.04. The van der Waals surface area contributed by atoms with Gasteiger partial charge in [0.15, 0.2) is 10.8 Å². The molecule has 2 amide bonds. The topological polar surface area (TPSA) is 156 Å². The number of amides is 2. The van der Waals surface area contributed by atoms with Crippen molar-refractivity contribution in [2.75, 3.05) is 28.7 Å². The van der Waals surface area contributed by atoms with Crippen molar-refractivity contribution in [3.8, 4) is 0 Å². The summed E-state index contributed by atoms with van der Waals surface area (Å²) in [6.07, 6.45) is 3.49. The zero-order valence-electron chi connectivity index (χ0n) is 19.9. The van der Waals surface area contributed by atoms with E-state index >= 15 is 0 Å². The van der Waals surface area contributed by atoms with Gasteiger partial charge in [-0.15, -0.1) is 28.5 Å². The van der Waals surface area contributed by atoms with Crippen LogP contribution < -0.4 is 21.4 Å². The predicted molar refractivity (Wildman–Crippen MR) is 151 cm³/mol. The average molecular weight is 615 g/mol. The number of nitrogens with zero attached hydrogens (tertiary/aromatic N) is 3. The number of anilines is 2. The van der Waals surface area contributed by atoms with Crippen molar-refractivity contribution in [3.63, 3.8) is 0 Å². The van der Waals surface area contributed by atoms with Gasteiger partial charge in [0.2, 0.25) is 5.91 Å². The summed E-state index contributed by atoms with van der Waals surface area (Å²) in [5.41, 5.74) is 12.2. The molecule has 0 radical (unpaired) electrons. The number of carbonyl (C=O) groups excluding carboxylic acids is 2. The lowest BCUT2D eigenvalue weighted by Gasteiger charge is -2.49. The first-order chi connectivity index (χ1) is 18.1. The Bertz CT molecular complexity index is 1350. The van der Waals surface area contributed by atoms with Gasteiger partial charge < -0.3 is 21.9 Å². The van der Waals surface area contributed by atoms with Gasteiger partial charge in [-0.1, -0.05) is 47.1 Å². The third kappa shape index (κ3) is 6.18. The number of halogens is 2. The third-order valence-electron chi connectivity index (χ3n) is 5.64. The van der Waals surface area contributed by atoms with E-state index in [0.717, 1.165) is 0 Å². The SMILES string of the molecule is C[n+]1c(N)cc(SCC=CC2=C(C(=O)O)N3C(=O)C(NC(=O)CSc4cc(Cl)ccc4Cl)C3SC2)nc1N. The molecule has 15 heteroatoms. The van der Waals surface area contributed by atoms with Crippen LogP contribution >= 0.6 is 58.5 Å². The Hall–Kier alpha value is -2.58. The fraction of sp³-hybridized carbons (Fsp3) is 0.261. The van der Waals surface area contributed by atoms with E-state index in [-0.39, 0.29) is 23.3 Å². The van der Waals surface area contributed by atoms with Gasteiger partial charge in [-0.2, -0.15) is 0 Å². The summed E-state index contributed by atoms with van der Waals surface area (Å²) in [5, 5.41) is 13.7. The number of nitrogen functional groups attached to an aromatic ring is 2. The van der Waals surface area contributed by atoms with E-state index in [9.17, 15) is 19.5 Å². The van der Waals surface area contributed by atoms with Crippen molar-refractivity contribution in [2.45, 2.75) is 21.3 Å². The molecular weight excluding hydrogens is 591 g/mol. The van der Waals surface area contributed by atoms with E-state index in [2.05, 4.69) is 10.3 Å². The van der Waals surface area contributed by atoms with E-state index in [4.69, 9.17) is 34.7 Å². The van der Waals surface area contributed by atoms with E-state index in [1.807, 2.05) is 0 Å². The zero-order chi connectivity index (χ0) is 27.6. The van der Waals surface area contributed by atoms with Gasteiger partial charge in [-0.05, 0) is 23.8 Å². The normalized spacial score (nSPS) is 18.9. The zero-order valence-corrected chi connectivity index (χ0v) is 23.9. The number of carboxylic acids is 1. The number of carbonyl (C=O) groups is 3. The molecule has 1 saturated heterocycles. The van der Waals surface area contributed by atoms with Crippen LogP contribution in [0.5, 0.6) is 0 Å². The van der Waals surface area contributed by atoms with Gasteiger partial charge in [-0.25, -0.2) is 9.36 Å². The first kappa shape index (κ1) is 28.4. The number of aliphatic carboxylic acids is 1. The van der Waals surface area contributed by atoms with Crippen LogP contribution in [-0.2, 0) is 21.4 Å². The third-order valence-corrected chi connectivity index (χ3v) is 9.54. The highest BCUT2D eigenvalue weighted by Crippen LogP contribution is 2.41. The van der Waals surface area contributed by atoms with Crippen LogP contribution in [0.3, 0.4) is 0 Å². The van der Waals surface area contributed by atoms with Crippen LogP contribution in [0.25, 0.3) is 0 Å². The minimum Gasteiger partial charge on any atom is -0.477 e. The highest BCUT2D eigenvalue weighted by atomic mass is 35.5. The maximum Gasteiger partial charge on any atom is 0.352 e. The number of fused-ring (bicyclic) bond motifs is 1. The van der Waals surface area contributed by atoms with Crippen LogP contribution in [0.4, 0.5) is 11.8 Å². The molecule has 2 atom stereocenters. The molecule has 0 aliphatic carbocycles. The molecule has 3 heterocycles. The second kappa shape index (κ2) is 12.1. The molecule has 2 aromatic rings. The molecule has 0 saturated carbocycles. The number of aromatic nitrogens is 2.